The highest BCUT2D eigenvalue weighted by Gasteiger charge is 2.10. The first-order chi connectivity index (χ1) is 9.10. The quantitative estimate of drug-likeness (QED) is 0.835. The smallest absolute Gasteiger partial charge is 0.156 e. The molecular weight excluding hydrogens is 248 g/mol. The van der Waals surface area contributed by atoms with Crippen molar-refractivity contribution < 1.29 is 13.5 Å². The number of hydrogen-bond acceptors (Lipinski definition) is 2. The van der Waals surface area contributed by atoms with Gasteiger partial charge in [-0.25, -0.2) is 8.78 Å². The minimum atomic E-state index is -0.822. The molecule has 2 aromatic rings. The summed E-state index contributed by atoms with van der Waals surface area (Å²) in [6.45, 7) is 2.10. The van der Waals surface area contributed by atoms with Gasteiger partial charge in [0.1, 0.15) is 17.3 Å². The van der Waals surface area contributed by atoms with Crippen LogP contribution in [-0.2, 0) is 6.42 Å². The van der Waals surface area contributed by atoms with Gasteiger partial charge in [0.05, 0.1) is 0 Å². The van der Waals surface area contributed by atoms with Gasteiger partial charge in [-0.05, 0) is 24.1 Å². The molecule has 2 aromatic carbocycles. The van der Waals surface area contributed by atoms with Gasteiger partial charge in [0.2, 0.25) is 0 Å². The first-order valence-corrected chi connectivity index (χ1v) is 6.11. The number of rotatable bonds is 4. The summed E-state index contributed by atoms with van der Waals surface area (Å²) in [6, 6.07) is 9.15. The Hall–Kier alpha value is -2.10. The molecule has 0 bridgehead atoms. The highest BCUT2D eigenvalue weighted by molar-refractivity contribution is 5.55. The van der Waals surface area contributed by atoms with Crippen LogP contribution in [-0.4, -0.2) is 0 Å². The number of hydrogen-bond donors (Lipinski definition) is 1. The van der Waals surface area contributed by atoms with Crippen molar-refractivity contribution in [2.75, 3.05) is 5.73 Å². The standard InChI is InChI=1S/C15H15F2NO/c1-2-3-10-4-6-12(7-5-10)19-14-9-11(16)8-13(17)15(14)18/h4-9H,2-3,18H2,1H3. The molecule has 2 N–H and O–H groups in total. The number of ether oxygens (including phenoxy) is 1. The molecular formula is C15H15F2NO. The van der Waals surface area contributed by atoms with E-state index < -0.39 is 11.6 Å². The van der Waals surface area contributed by atoms with Crippen LogP contribution in [0.15, 0.2) is 36.4 Å². The van der Waals surface area contributed by atoms with E-state index in [9.17, 15) is 8.78 Å². The van der Waals surface area contributed by atoms with Crippen molar-refractivity contribution >= 4 is 5.69 Å². The molecule has 100 valence electrons. The normalized spacial score (nSPS) is 10.5. The molecule has 0 aliphatic rings. The number of benzene rings is 2. The van der Waals surface area contributed by atoms with E-state index in [0.717, 1.165) is 25.0 Å². The van der Waals surface area contributed by atoms with Gasteiger partial charge in [-0.1, -0.05) is 25.5 Å². The molecule has 0 heterocycles. The van der Waals surface area contributed by atoms with Crippen LogP contribution in [0, 0.1) is 11.6 Å². The van der Waals surface area contributed by atoms with Gasteiger partial charge in [-0.15, -0.1) is 0 Å². The SMILES string of the molecule is CCCc1ccc(Oc2cc(F)cc(F)c2N)cc1. The number of anilines is 1. The first kappa shape index (κ1) is 13.3. The summed E-state index contributed by atoms with van der Waals surface area (Å²) < 4.78 is 31.8. The second-order valence-corrected chi connectivity index (χ2v) is 4.30. The molecule has 2 rings (SSSR count). The number of aryl methyl sites for hydroxylation is 1. The summed E-state index contributed by atoms with van der Waals surface area (Å²) in [5, 5.41) is 0. The van der Waals surface area contributed by atoms with Crippen molar-refractivity contribution in [3.63, 3.8) is 0 Å². The topological polar surface area (TPSA) is 35.2 Å². The maximum atomic E-state index is 13.3. The Morgan fingerprint density at radius 1 is 1.11 bits per heavy atom. The molecule has 19 heavy (non-hydrogen) atoms. The van der Waals surface area contributed by atoms with Crippen LogP contribution in [0.5, 0.6) is 11.5 Å². The van der Waals surface area contributed by atoms with Crippen molar-refractivity contribution in [2.24, 2.45) is 0 Å². The summed E-state index contributed by atoms with van der Waals surface area (Å²) in [6.07, 6.45) is 2.04. The van der Waals surface area contributed by atoms with E-state index in [1.165, 1.54) is 5.56 Å². The lowest BCUT2D eigenvalue weighted by Crippen LogP contribution is -1.97. The maximum Gasteiger partial charge on any atom is 0.156 e. The number of halogens is 2. The van der Waals surface area contributed by atoms with Crippen LogP contribution in [0.3, 0.4) is 0 Å². The zero-order valence-electron chi connectivity index (χ0n) is 10.6. The third-order valence-electron chi connectivity index (χ3n) is 2.75. The lowest BCUT2D eigenvalue weighted by molar-refractivity contribution is 0.472. The van der Waals surface area contributed by atoms with Crippen molar-refractivity contribution in [1.82, 2.24) is 0 Å². The molecule has 4 heteroatoms. The predicted molar refractivity (Wildman–Crippen MR) is 71.3 cm³/mol. The first-order valence-electron chi connectivity index (χ1n) is 6.11. The van der Waals surface area contributed by atoms with E-state index in [1.807, 2.05) is 12.1 Å². The van der Waals surface area contributed by atoms with E-state index >= 15 is 0 Å². The van der Waals surface area contributed by atoms with E-state index in [2.05, 4.69) is 6.92 Å². The molecule has 0 fully saturated rings. The van der Waals surface area contributed by atoms with Crippen LogP contribution >= 0.6 is 0 Å². The van der Waals surface area contributed by atoms with Crippen molar-refractivity contribution in [2.45, 2.75) is 19.8 Å². The van der Waals surface area contributed by atoms with Gasteiger partial charge < -0.3 is 10.5 Å². The lowest BCUT2D eigenvalue weighted by atomic mass is 10.1. The Morgan fingerprint density at radius 2 is 1.79 bits per heavy atom. The third-order valence-corrected chi connectivity index (χ3v) is 2.75. The van der Waals surface area contributed by atoms with Crippen LogP contribution in [0.4, 0.5) is 14.5 Å². The maximum absolute atomic E-state index is 13.3. The van der Waals surface area contributed by atoms with Crippen LogP contribution in [0.1, 0.15) is 18.9 Å². The fourth-order valence-corrected chi connectivity index (χ4v) is 1.79. The van der Waals surface area contributed by atoms with Gasteiger partial charge in [0.15, 0.2) is 11.6 Å². The Kier molecular flexibility index (Phi) is 4.00. The zero-order valence-corrected chi connectivity index (χ0v) is 10.6. The van der Waals surface area contributed by atoms with Gasteiger partial charge in [0.25, 0.3) is 0 Å². The van der Waals surface area contributed by atoms with Crippen LogP contribution in [0.2, 0.25) is 0 Å². The minimum absolute atomic E-state index is 0.0132. The Labute approximate surface area is 110 Å². The largest absolute Gasteiger partial charge is 0.455 e. The fraction of sp³-hybridized carbons (Fsp3) is 0.200. The average molecular weight is 263 g/mol. The second-order valence-electron chi connectivity index (χ2n) is 4.30. The molecule has 0 radical (unpaired) electrons. The number of nitrogens with two attached hydrogens (primary N) is 1. The molecule has 0 saturated heterocycles. The van der Waals surface area contributed by atoms with Crippen LogP contribution in [0.25, 0.3) is 0 Å². The summed E-state index contributed by atoms with van der Waals surface area (Å²) in [5.74, 6) is -1.06. The summed E-state index contributed by atoms with van der Waals surface area (Å²) in [4.78, 5) is 0. The minimum Gasteiger partial charge on any atom is -0.455 e. The zero-order chi connectivity index (χ0) is 13.8. The van der Waals surface area contributed by atoms with E-state index in [-0.39, 0.29) is 11.4 Å². The molecule has 0 aromatic heterocycles. The van der Waals surface area contributed by atoms with Crippen molar-refractivity contribution in [3.05, 3.63) is 53.6 Å². The highest BCUT2D eigenvalue weighted by Crippen LogP contribution is 2.30. The average Bonchev–Trinajstić information content (AvgIpc) is 2.38. The summed E-state index contributed by atoms with van der Waals surface area (Å²) in [5.41, 5.74) is 6.50. The van der Waals surface area contributed by atoms with Gasteiger partial charge >= 0.3 is 0 Å². The Balaban J connectivity index is 2.21. The molecule has 0 spiro atoms. The lowest BCUT2D eigenvalue weighted by Gasteiger charge is -2.09. The molecule has 0 atom stereocenters. The fourth-order valence-electron chi connectivity index (χ4n) is 1.79. The van der Waals surface area contributed by atoms with Gasteiger partial charge in [-0.2, -0.15) is 0 Å². The Bertz CT molecular complexity index is 567. The predicted octanol–water partition coefficient (Wildman–Crippen LogP) is 4.29. The molecule has 0 saturated carbocycles. The van der Waals surface area contributed by atoms with Crippen LogP contribution < -0.4 is 10.5 Å². The third kappa shape index (κ3) is 3.22. The summed E-state index contributed by atoms with van der Waals surface area (Å²) >= 11 is 0. The van der Waals surface area contributed by atoms with Gasteiger partial charge in [0, 0.05) is 12.1 Å². The molecule has 0 amide bonds. The van der Waals surface area contributed by atoms with E-state index in [0.29, 0.717) is 5.75 Å². The highest BCUT2D eigenvalue weighted by atomic mass is 19.1. The van der Waals surface area contributed by atoms with E-state index in [4.69, 9.17) is 10.5 Å². The molecule has 0 unspecified atom stereocenters. The molecule has 0 aliphatic heterocycles. The Morgan fingerprint density at radius 3 is 2.42 bits per heavy atom. The molecule has 0 aliphatic carbocycles. The van der Waals surface area contributed by atoms with Gasteiger partial charge in [-0.3, -0.25) is 0 Å². The monoisotopic (exact) mass is 263 g/mol. The van der Waals surface area contributed by atoms with Crippen molar-refractivity contribution in [3.8, 4) is 11.5 Å². The molecule has 2 nitrogen and oxygen atoms in total. The second kappa shape index (κ2) is 5.69. The summed E-state index contributed by atoms with van der Waals surface area (Å²) in [7, 11) is 0. The van der Waals surface area contributed by atoms with E-state index in [1.54, 1.807) is 12.1 Å². The number of nitrogen functional groups attached to an aromatic ring is 1. The van der Waals surface area contributed by atoms with Crippen molar-refractivity contribution in [1.29, 1.82) is 0 Å².